The van der Waals surface area contributed by atoms with Crippen LogP contribution in [-0.4, -0.2) is 34.5 Å². The number of likely N-dealkylation sites (tertiary alicyclic amines) is 1. The Morgan fingerprint density at radius 2 is 2.23 bits per heavy atom. The fraction of sp³-hybridized carbons (Fsp3) is 0.600. The van der Waals surface area contributed by atoms with E-state index in [1.54, 1.807) is 11.3 Å². The molecule has 3 rings (SSSR count). The van der Waals surface area contributed by atoms with E-state index in [9.17, 15) is 4.79 Å². The Morgan fingerprint density at radius 1 is 1.45 bits per heavy atom. The lowest BCUT2D eigenvalue weighted by molar-refractivity contribution is 0.167. The van der Waals surface area contributed by atoms with E-state index in [1.807, 2.05) is 13.8 Å². The fourth-order valence-corrected chi connectivity index (χ4v) is 4.12. The molecule has 22 heavy (non-hydrogen) atoms. The second-order valence-electron chi connectivity index (χ2n) is 5.96. The van der Waals surface area contributed by atoms with Gasteiger partial charge >= 0.3 is 0 Å². The molecule has 1 saturated heterocycles. The largest absolute Gasteiger partial charge is 0.330 e. The van der Waals surface area contributed by atoms with E-state index in [4.69, 9.17) is 5.73 Å². The average molecular weight is 343 g/mol. The zero-order valence-electron chi connectivity index (χ0n) is 13.0. The summed E-state index contributed by atoms with van der Waals surface area (Å²) < 4.78 is 0. The fourth-order valence-electron chi connectivity index (χ4n) is 3.07. The number of hydrogen-bond acceptors (Lipinski definition) is 5. The molecule has 0 spiro atoms. The quantitative estimate of drug-likeness (QED) is 0.896. The SMILES string of the molecule is Cc1sc2nc(CN3CCCC(CN)C3)[nH]c(=O)c2c1C.Cl. The topological polar surface area (TPSA) is 75.0 Å². The first-order chi connectivity index (χ1) is 10.1. The lowest BCUT2D eigenvalue weighted by Gasteiger charge is -2.31. The van der Waals surface area contributed by atoms with Gasteiger partial charge in [0, 0.05) is 11.4 Å². The number of hydrogen-bond donors (Lipinski definition) is 2. The summed E-state index contributed by atoms with van der Waals surface area (Å²) >= 11 is 1.60. The van der Waals surface area contributed by atoms with Gasteiger partial charge in [-0.3, -0.25) is 9.69 Å². The molecule has 2 aromatic rings. The van der Waals surface area contributed by atoms with Crippen molar-refractivity contribution in [2.24, 2.45) is 11.7 Å². The maximum Gasteiger partial charge on any atom is 0.259 e. The number of nitrogens with one attached hydrogen (secondary N) is 1. The Kier molecular flexibility index (Phi) is 5.60. The molecule has 1 atom stereocenters. The maximum atomic E-state index is 12.3. The van der Waals surface area contributed by atoms with Crippen LogP contribution >= 0.6 is 23.7 Å². The van der Waals surface area contributed by atoms with Crippen LogP contribution in [0.25, 0.3) is 10.2 Å². The molecule has 5 nitrogen and oxygen atoms in total. The van der Waals surface area contributed by atoms with E-state index in [1.165, 1.54) is 17.7 Å². The molecule has 0 aromatic carbocycles. The standard InChI is InChI=1S/C15H22N4OS.ClH/c1-9-10(2)21-15-13(9)14(20)17-12(18-15)8-19-5-3-4-11(6-16)7-19;/h11H,3-8,16H2,1-2H3,(H,17,18,20);1H. The second kappa shape index (κ2) is 7.08. The number of halogens is 1. The van der Waals surface area contributed by atoms with Crippen molar-refractivity contribution in [2.75, 3.05) is 19.6 Å². The molecule has 1 fully saturated rings. The van der Waals surface area contributed by atoms with E-state index >= 15 is 0 Å². The van der Waals surface area contributed by atoms with Crippen LogP contribution in [0.15, 0.2) is 4.79 Å². The molecular formula is C15H23ClN4OS. The molecule has 122 valence electrons. The lowest BCUT2D eigenvalue weighted by Crippen LogP contribution is -2.38. The molecule has 3 heterocycles. The smallest absolute Gasteiger partial charge is 0.259 e. The Morgan fingerprint density at radius 3 is 2.95 bits per heavy atom. The monoisotopic (exact) mass is 342 g/mol. The van der Waals surface area contributed by atoms with Gasteiger partial charge in [-0.05, 0) is 51.3 Å². The summed E-state index contributed by atoms with van der Waals surface area (Å²) in [5.74, 6) is 1.34. The molecule has 0 aliphatic carbocycles. The maximum absolute atomic E-state index is 12.3. The van der Waals surface area contributed by atoms with Crippen molar-refractivity contribution in [2.45, 2.75) is 33.2 Å². The summed E-state index contributed by atoms with van der Waals surface area (Å²) in [7, 11) is 0. The van der Waals surface area contributed by atoms with Crippen LogP contribution in [0.4, 0.5) is 0 Å². The number of H-pyrrole nitrogens is 1. The third-order valence-corrected chi connectivity index (χ3v) is 5.50. The van der Waals surface area contributed by atoms with E-state index in [0.717, 1.165) is 41.2 Å². The highest BCUT2D eigenvalue weighted by Gasteiger charge is 2.20. The molecular weight excluding hydrogens is 320 g/mol. The summed E-state index contributed by atoms with van der Waals surface area (Å²) in [6.45, 7) is 7.53. The zero-order valence-corrected chi connectivity index (χ0v) is 14.6. The van der Waals surface area contributed by atoms with Gasteiger partial charge in [-0.1, -0.05) is 0 Å². The number of aromatic nitrogens is 2. The van der Waals surface area contributed by atoms with Gasteiger partial charge in [0.2, 0.25) is 0 Å². The van der Waals surface area contributed by atoms with Crippen molar-refractivity contribution >= 4 is 34.0 Å². The van der Waals surface area contributed by atoms with Crippen LogP contribution in [0.5, 0.6) is 0 Å². The third kappa shape index (κ3) is 3.35. The number of fused-ring (bicyclic) bond motifs is 1. The molecule has 1 unspecified atom stereocenters. The molecule has 3 N–H and O–H groups in total. The minimum absolute atomic E-state index is 0. The minimum Gasteiger partial charge on any atom is -0.330 e. The summed E-state index contributed by atoms with van der Waals surface area (Å²) in [5.41, 5.74) is 6.82. The predicted octanol–water partition coefficient (Wildman–Crippen LogP) is 2.19. The summed E-state index contributed by atoms with van der Waals surface area (Å²) in [6.07, 6.45) is 2.38. The summed E-state index contributed by atoms with van der Waals surface area (Å²) in [6, 6.07) is 0. The van der Waals surface area contributed by atoms with E-state index in [-0.39, 0.29) is 18.0 Å². The van der Waals surface area contributed by atoms with Crippen molar-refractivity contribution in [3.8, 4) is 0 Å². The molecule has 7 heteroatoms. The Bertz CT molecular complexity index is 711. The molecule has 1 aliphatic rings. The normalized spacial score (nSPS) is 19.3. The number of aryl methyl sites for hydroxylation is 2. The zero-order chi connectivity index (χ0) is 15.0. The number of rotatable bonds is 3. The van der Waals surface area contributed by atoms with E-state index in [2.05, 4.69) is 14.9 Å². The average Bonchev–Trinajstić information content (AvgIpc) is 2.74. The third-order valence-electron chi connectivity index (χ3n) is 4.40. The predicted molar refractivity (Wildman–Crippen MR) is 94.0 cm³/mol. The van der Waals surface area contributed by atoms with Crippen LogP contribution in [-0.2, 0) is 6.54 Å². The second-order valence-corrected chi connectivity index (χ2v) is 7.16. The number of piperidine rings is 1. The van der Waals surface area contributed by atoms with Crippen molar-refractivity contribution < 1.29 is 0 Å². The van der Waals surface area contributed by atoms with Gasteiger partial charge in [-0.25, -0.2) is 4.98 Å². The first-order valence-corrected chi connectivity index (χ1v) is 8.31. The molecule has 0 saturated carbocycles. The highest BCUT2D eigenvalue weighted by Crippen LogP contribution is 2.26. The van der Waals surface area contributed by atoms with Gasteiger partial charge in [0.15, 0.2) is 0 Å². The van der Waals surface area contributed by atoms with Crippen molar-refractivity contribution in [3.63, 3.8) is 0 Å². The number of aromatic amines is 1. The van der Waals surface area contributed by atoms with Crippen LogP contribution in [0, 0.1) is 19.8 Å². The highest BCUT2D eigenvalue weighted by molar-refractivity contribution is 7.18. The Balaban J connectivity index is 0.00000176. The van der Waals surface area contributed by atoms with E-state index in [0.29, 0.717) is 12.5 Å². The number of nitrogens with zero attached hydrogens (tertiary/aromatic N) is 2. The van der Waals surface area contributed by atoms with Crippen LogP contribution < -0.4 is 11.3 Å². The highest BCUT2D eigenvalue weighted by atomic mass is 35.5. The van der Waals surface area contributed by atoms with Gasteiger partial charge in [0.1, 0.15) is 10.7 Å². The van der Waals surface area contributed by atoms with Crippen LogP contribution in [0.3, 0.4) is 0 Å². The first-order valence-electron chi connectivity index (χ1n) is 7.49. The molecule has 0 radical (unpaired) electrons. The number of thiophene rings is 1. The minimum atomic E-state index is -0.00997. The van der Waals surface area contributed by atoms with Gasteiger partial charge < -0.3 is 10.7 Å². The Labute approximate surface area is 140 Å². The Hall–Kier alpha value is -0.950. The molecule has 1 aliphatic heterocycles. The summed E-state index contributed by atoms with van der Waals surface area (Å²) in [4.78, 5) is 24.2. The van der Waals surface area contributed by atoms with E-state index < -0.39 is 0 Å². The van der Waals surface area contributed by atoms with Crippen molar-refractivity contribution in [3.05, 3.63) is 26.6 Å². The molecule has 2 aromatic heterocycles. The van der Waals surface area contributed by atoms with Crippen molar-refractivity contribution in [1.82, 2.24) is 14.9 Å². The van der Waals surface area contributed by atoms with Gasteiger partial charge in [0.05, 0.1) is 11.9 Å². The number of nitrogens with two attached hydrogens (primary N) is 1. The molecule has 0 bridgehead atoms. The summed E-state index contributed by atoms with van der Waals surface area (Å²) in [5, 5.41) is 0.750. The van der Waals surface area contributed by atoms with Crippen LogP contribution in [0.1, 0.15) is 29.1 Å². The van der Waals surface area contributed by atoms with Gasteiger partial charge in [0.25, 0.3) is 5.56 Å². The first kappa shape index (κ1) is 17.4. The van der Waals surface area contributed by atoms with Gasteiger partial charge in [-0.15, -0.1) is 23.7 Å². The molecule has 0 amide bonds. The van der Waals surface area contributed by atoms with Crippen LogP contribution in [0.2, 0.25) is 0 Å². The van der Waals surface area contributed by atoms with Gasteiger partial charge in [-0.2, -0.15) is 0 Å². The lowest BCUT2D eigenvalue weighted by atomic mass is 9.98. The van der Waals surface area contributed by atoms with Crippen molar-refractivity contribution in [1.29, 1.82) is 0 Å².